The van der Waals surface area contributed by atoms with Crippen LogP contribution in [0.3, 0.4) is 0 Å². The Morgan fingerprint density at radius 3 is 1.40 bits per heavy atom. The van der Waals surface area contributed by atoms with Crippen molar-refractivity contribution in [2.75, 3.05) is 4.90 Å². The number of hydrogen-bond donors (Lipinski definition) is 0. The number of para-hydroxylation sites is 2. The molecule has 1 aromatic heterocycles. The smallest absolute Gasteiger partial charge is 0.143 e. The van der Waals surface area contributed by atoms with Gasteiger partial charge in [0, 0.05) is 33.3 Å². The van der Waals surface area contributed by atoms with Gasteiger partial charge in [-0.3, -0.25) is 0 Å². The standard InChI is InChI=1S/C56H37NO/c1-2-13-40(14-3-1)53-37-43(50-24-12-25-52-51-21-8-9-26-55(51)58-56(50)52)31-36-54(53)57(44-32-27-41(28-33-44)48-22-10-17-38-15-4-6-19-46(38)48)45-34-29-42(30-35-45)49-23-11-18-39-16-5-7-20-47(39)49/h1-37H. The monoisotopic (exact) mass is 739 g/mol. The van der Waals surface area contributed by atoms with E-state index in [9.17, 15) is 0 Å². The van der Waals surface area contributed by atoms with Gasteiger partial charge in [-0.2, -0.15) is 0 Å². The van der Waals surface area contributed by atoms with E-state index in [0.717, 1.165) is 61.3 Å². The molecule has 0 radical (unpaired) electrons. The Hall–Kier alpha value is -7.68. The lowest BCUT2D eigenvalue weighted by Gasteiger charge is -2.29. The molecular weight excluding hydrogens is 703 g/mol. The normalized spacial score (nSPS) is 11.4. The molecule has 0 saturated carbocycles. The molecular formula is C56H37NO. The van der Waals surface area contributed by atoms with Gasteiger partial charge in [0.2, 0.25) is 0 Å². The van der Waals surface area contributed by atoms with E-state index in [1.54, 1.807) is 0 Å². The molecule has 11 rings (SSSR count). The molecule has 10 aromatic carbocycles. The first-order valence-electron chi connectivity index (χ1n) is 19.8. The highest BCUT2D eigenvalue weighted by Gasteiger charge is 2.21. The van der Waals surface area contributed by atoms with Gasteiger partial charge >= 0.3 is 0 Å². The molecule has 0 aliphatic heterocycles. The zero-order valence-electron chi connectivity index (χ0n) is 31.7. The molecule has 2 heteroatoms. The summed E-state index contributed by atoms with van der Waals surface area (Å²) in [4.78, 5) is 2.40. The van der Waals surface area contributed by atoms with Crippen molar-refractivity contribution < 1.29 is 4.42 Å². The van der Waals surface area contributed by atoms with Crippen molar-refractivity contribution in [1.82, 2.24) is 0 Å². The predicted octanol–water partition coefficient (Wildman–Crippen LogP) is 16.0. The Bertz CT molecular complexity index is 3130. The fourth-order valence-electron chi connectivity index (χ4n) is 8.68. The van der Waals surface area contributed by atoms with Crippen LogP contribution in [0, 0.1) is 0 Å². The van der Waals surface area contributed by atoms with Crippen LogP contribution in [0.4, 0.5) is 17.1 Å². The third-order valence-electron chi connectivity index (χ3n) is 11.5. The summed E-state index contributed by atoms with van der Waals surface area (Å²) in [5, 5.41) is 7.23. The molecule has 58 heavy (non-hydrogen) atoms. The molecule has 272 valence electrons. The second-order valence-corrected chi connectivity index (χ2v) is 14.9. The minimum Gasteiger partial charge on any atom is -0.455 e. The number of hydrogen-bond acceptors (Lipinski definition) is 2. The van der Waals surface area contributed by atoms with Crippen molar-refractivity contribution in [1.29, 1.82) is 0 Å². The van der Waals surface area contributed by atoms with Gasteiger partial charge in [-0.05, 0) is 97.4 Å². The minimum absolute atomic E-state index is 0.898. The molecule has 0 bridgehead atoms. The quantitative estimate of drug-likeness (QED) is 0.162. The van der Waals surface area contributed by atoms with Crippen LogP contribution in [0.15, 0.2) is 229 Å². The summed E-state index contributed by atoms with van der Waals surface area (Å²) in [5.74, 6) is 0. The molecule has 0 N–H and O–H groups in total. The summed E-state index contributed by atoms with van der Waals surface area (Å²) in [6.07, 6.45) is 0. The van der Waals surface area contributed by atoms with Gasteiger partial charge in [0.1, 0.15) is 11.2 Å². The Labute approximate surface area is 337 Å². The number of rotatable bonds is 7. The minimum atomic E-state index is 0.898. The van der Waals surface area contributed by atoms with Crippen LogP contribution < -0.4 is 4.90 Å². The van der Waals surface area contributed by atoms with Crippen LogP contribution in [-0.4, -0.2) is 0 Å². The maximum absolute atomic E-state index is 6.54. The lowest BCUT2D eigenvalue weighted by molar-refractivity contribution is 0.670. The van der Waals surface area contributed by atoms with Crippen LogP contribution in [0.1, 0.15) is 0 Å². The Balaban J connectivity index is 1.09. The van der Waals surface area contributed by atoms with E-state index in [1.807, 2.05) is 12.1 Å². The highest BCUT2D eigenvalue weighted by atomic mass is 16.3. The predicted molar refractivity (Wildman–Crippen MR) is 245 cm³/mol. The van der Waals surface area contributed by atoms with Crippen molar-refractivity contribution in [3.63, 3.8) is 0 Å². The van der Waals surface area contributed by atoms with Gasteiger partial charge in [-0.1, -0.05) is 182 Å². The van der Waals surface area contributed by atoms with Crippen molar-refractivity contribution >= 4 is 60.5 Å². The van der Waals surface area contributed by atoms with E-state index in [0.29, 0.717) is 0 Å². The molecule has 11 aromatic rings. The maximum atomic E-state index is 6.54. The second kappa shape index (κ2) is 14.1. The molecule has 1 heterocycles. The number of benzene rings is 10. The highest BCUT2D eigenvalue weighted by molar-refractivity contribution is 6.10. The fourth-order valence-corrected chi connectivity index (χ4v) is 8.68. The lowest BCUT2D eigenvalue weighted by Crippen LogP contribution is -2.11. The van der Waals surface area contributed by atoms with E-state index < -0.39 is 0 Å². The summed E-state index contributed by atoms with van der Waals surface area (Å²) in [6.45, 7) is 0. The van der Waals surface area contributed by atoms with Crippen LogP contribution >= 0.6 is 0 Å². The molecule has 0 aliphatic rings. The Morgan fingerprint density at radius 2 is 0.759 bits per heavy atom. The first kappa shape index (κ1) is 33.6. The molecule has 0 fully saturated rings. The van der Waals surface area contributed by atoms with E-state index >= 15 is 0 Å². The molecule has 0 aliphatic carbocycles. The SMILES string of the molecule is c1ccc(-c2cc(-c3cccc4c3oc3ccccc34)ccc2N(c2ccc(-c3cccc4ccccc34)cc2)c2ccc(-c3cccc4ccccc34)cc2)cc1. The van der Waals surface area contributed by atoms with E-state index in [2.05, 4.69) is 217 Å². The second-order valence-electron chi connectivity index (χ2n) is 14.9. The van der Waals surface area contributed by atoms with Gasteiger partial charge in [-0.15, -0.1) is 0 Å². The van der Waals surface area contributed by atoms with Crippen LogP contribution in [-0.2, 0) is 0 Å². The fraction of sp³-hybridized carbons (Fsp3) is 0. The molecule has 0 atom stereocenters. The van der Waals surface area contributed by atoms with Crippen molar-refractivity contribution in [2.45, 2.75) is 0 Å². The van der Waals surface area contributed by atoms with Gasteiger partial charge in [-0.25, -0.2) is 0 Å². The Morgan fingerprint density at radius 1 is 0.293 bits per heavy atom. The zero-order valence-corrected chi connectivity index (χ0v) is 31.7. The average molecular weight is 740 g/mol. The van der Waals surface area contributed by atoms with Crippen molar-refractivity contribution in [3.8, 4) is 44.5 Å². The van der Waals surface area contributed by atoms with Crippen molar-refractivity contribution in [2.24, 2.45) is 0 Å². The largest absolute Gasteiger partial charge is 0.455 e. The first-order valence-corrected chi connectivity index (χ1v) is 19.8. The number of fused-ring (bicyclic) bond motifs is 5. The van der Waals surface area contributed by atoms with Crippen molar-refractivity contribution in [3.05, 3.63) is 224 Å². The topological polar surface area (TPSA) is 16.4 Å². The van der Waals surface area contributed by atoms with Gasteiger partial charge in [0.25, 0.3) is 0 Å². The van der Waals surface area contributed by atoms with Gasteiger partial charge in [0.05, 0.1) is 5.69 Å². The van der Waals surface area contributed by atoms with Crippen LogP contribution in [0.5, 0.6) is 0 Å². The Kier molecular flexibility index (Phi) is 8.19. The van der Waals surface area contributed by atoms with E-state index in [1.165, 1.54) is 43.8 Å². The zero-order chi connectivity index (χ0) is 38.4. The number of nitrogens with zero attached hydrogens (tertiary/aromatic N) is 1. The summed E-state index contributed by atoms with van der Waals surface area (Å²) in [5.41, 5.74) is 14.3. The first-order chi connectivity index (χ1) is 28.8. The summed E-state index contributed by atoms with van der Waals surface area (Å²) < 4.78 is 6.54. The molecule has 0 saturated heterocycles. The third-order valence-corrected chi connectivity index (χ3v) is 11.5. The molecule has 0 amide bonds. The lowest BCUT2D eigenvalue weighted by atomic mass is 9.94. The van der Waals surface area contributed by atoms with Gasteiger partial charge in [0.15, 0.2) is 0 Å². The van der Waals surface area contributed by atoms with Crippen LogP contribution in [0.25, 0.3) is 88.0 Å². The van der Waals surface area contributed by atoms with E-state index in [-0.39, 0.29) is 0 Å². The summed E-state index contributed by atoms with van der Waals surface area (Å²) in [7, 11) is 0. The highest BCUT2D eigenvalue weighted by Crippen LogP contribution is 2.45. The number of furan rings is 1. The summed E-state index contributed by atoms with van der Waals surface area (Å²) in [6, 6.07) is 80.7. The molecule has 2 nitrogen and oxygen atoms in total. The molecule has 0 unspecified atom stereocenters. The van der Waals surface area contributed by atoms with Gasteiger partial charge < -0.3 is 9.32 Å². The maximum Gasteiger partial charge on any atom is 0.143 e. The number of anilines is 3. The molecule has 0 spiro atoms. The summed E-state index contributed by atoms with van der Waals surface area (Å²) >= 11 is 0. The van der Waals surface area contributed by atoms with Crippen LogP contribution in [0.2, 0.25) is 0 Å². The average Bonchev–Trinajstić information content (AvgIpc) is 3.69. The van der Waals surface area contributed by atoms with E-state index in [4.69, 9.17) is 4.42 Å². The third kappa shape index (κ3) is 5.82.